The molecule has 152 valence electrons. The van der Waals surface area contributed by atoms with Crippen LogP contribution in [0, 0.1) is 0 Å². The number of carbonyl (C=O) groups excluding carboxylic acids is 3. The molecule has 3 rings (SSSR count). The van der Waals surface area contributed by atoms with Crippen LogP contribution in [0.25, 0.3) is 0 Å². The third-order valence-corrected chi connectivity index (χ3v) is 5.38. The van der Waals surface area contributed by atoms with E-state index in [0.717, 1.165) is 28.0 Å². The summed E-state index contributed by atoms with van der Waals surface area (Å²) in [7, 11) is 0. The number of hydrogen-bond donors (Lipinski definition) is 2. The first-order chi connectivity index (χ1) is 14.1. The van der Waals surface area contributed by atoms with Gasteiger partial charge in [0, 0.05) is 26.1 Å². The number of nitrogens with zero attached hydrogens (tertiary/aromatic N) is 1. The Hall–Kier alpha value is -2.84. The van der Waals surface area contributed by atoms with E-state index in [9.17, 15) is 14.4 Å². The average Bonchev–Trinajstić information content (AvgIpc) is 2.99. The molecular formula is C21H22N2O5S. The Bertz CT molecular complexity index is 857. The Morgan fingerprint density at radius 3 is 2.45 bits per heavy atom. The molecule has 0 aliphatic carbocycles. The van der Waals surface area contributed by atoms with Gasteiger partial charge in [-0.1, -0.05) is 42.1 Å². The fourth-order valence-electron chi connectivity index (χ4n) is 2.80. The van der Waals surface area contributed by atoms with Crippen LogP contribution in [-0.4, -0.2) is 45.5 Å². The second-order valence-corrected chi connectivity index (χ2v) is 7.63. The molecule has 1 aliphatic rings. The second-order valence-electron chi connectivity index (χ2n) is 6.48. The first-order valence-electron chi connectivity index (χ1n) is 9.28. The molecule has 7 nitrogen and oxygen atoms in total. The molecule has 1 aliphatic heterocycles. The largest absolute Gasteiger partial charge is 0.457 e. The van der Waals surface area contributed by atoms with E-state index >= 15 is 0 Å². The third-order valence-electron chi connectivity index (χ3n) is 4.31. The molecule has 1 unspecified atom stereocenters. The lowest BCUT2D eigenvalue weighted by Gasteiger charge is -2.13. The van der Waals surface area contributed by atoms with Crippen LogP contribution in [0.4, 0.5) is 4.79 Å². The summed E-state index contributed by atoms with van der Waals surface area (Å²) in [5.74, 6) is 0.777. The molecule has 2 aromatic rings. The second kappa shape index (κ2) is 10.1. The fourth-order valence-corrected chi connectivity index (χ4v) is 3.81. The third kappa shape index (κ3) is 5.82. The molecule has 0 saturated carbocycles. The number of imide groups is 1. The zero-order valence-electron chi connectivity index (χ0n) is 15.7. The van der Waals surface area contributed by atoms with Gasteiger partial charge >= 0.3 is 0 Å². The lowest BCUT2D eigenvalue weighted by molar-refractivity contribution is -0.129. The smallest absolute Gasteiger partial charge is 0.289 e. The van der Waals surface area contributed by atoms with Crippen LogP contribution in [0.3, 0.4) is 0 Å². The molecule has 1 fully saturated rings. The number of ether oxygens (including phenoxy) is 1. The molecule has 1 saturated heterocycles. The van der Waals surface area contributed by atoms with Crippen molar-refractivity contribution in [2.45, 2.75) is 24.6 Å². The minimum atomic E-state index is -0.706. The first-order valence-corrected chi connectivity index (χ1v) is 10.2. The van der Waals surface area contributed by atoms with Crippen LogP contribution in [0.2, 0.25) is 0 Å². The Kier molecular flexibility index (Phi) is 7.26. The molecule has 0 spiro atoms. The van der Waals surface area contributed by atoms with Gasteiger partial charge in [-0.3, -0.25) is 19.3 Å². The zero-order valence-corrected chi connectivity index (χ0v) is 16.6. The topological polar surface area (TPSA) is 95.9 Å². The van der Waals surface area contributed by atoms with Crippen molar-refractivity contribution in [1.82, 2.24) is 10.2 Å². The number of benzene rings is 2. The highest BCUT2D eigenvalue weighted by Gasteiger charge is 2.40. The van der Waals surface area contributed by atoms with E-state index in [1.165, 1.54) is 0 Å². The quantitative estimate of drug-likeness (QED) is 0.655. The van der Waals surface area contributed by atoms with Gasteiger partial charge in [-0.15, -0.1) is 0 Å². The summed E-state index contributed by atoms with van der Waals surface area (Å²) in [5.41, 5.74) is 0.893. The number of thioether (sulfide) groups is 1. The standard InChI is InChI=1S/C21H22N2O5S/c24-12-4-11-23-20(26)18(29-21(23)27)13-19(25)22-14-15-7-9-17(10-8-15)28-16-5-2-1-3-6-16/h1-3,5-10,18,24H,4,11-14H2,(H,22,25). The van der Waals surface area contributed by atoms with Gasteiger partial charge in [0.15, 0.2) is 0 Å². The maximum Gasteiger partial charge on any atom is 0.289 e. The molecule has 1 heterocycles. The molecule has 1 atom stereocenters. The van der Waals surface area contributed by atoms with Crippen LogP contribution in [0.5, 0.6) is 11.5 Å². The monoisotopic (exact) mass is 414 g/mol. The van der Waals surface area contributed by atoms with Crippen molar-refractivity contribution in [2.75, 3.05) is 13.2 Å². The molecule has 0 radical (unpaired) electrons. The maximum atomic E-state index is 12.2. The van der Waals surface area contributed by atoms with E-state index in [4.69, 9.17) is 9.84 Å². The van der Waals surface area contributed by atoms with Gasteiger partial charge in [-0.2, -0.15) is 0 Å². The average molecular weight is 414 g/mol. The number of aliphatic hydroxyl groups excluding tert-OH is 1. The van der Waals surface area contributed by atoms with E-state index in [2.05, 4.69) is 5.32 Å². The van der Waals surface area contributed by atoms with Gasteiger partial charge in [-0.25, -0.2) is 0 Å². The summed E-state index contributed by atoms with van der Waals surface area (Å²) in [6.07, 6.45) is 0.279. The maximum absolute atomic E-state index is 12.2. The summed E-state index contributed by atoms with van der Waals surface area (Å²) in [6.45, 7) is 0.400. The summed E-state index contributed by atoms with van der Waals surface area (Å²) in [4.78, 5) is 37.4. The minimum Gasteiger partial charge on any atom is -0.457 e. The number of aliphatic hydroxyl groups is 1. The Morgan fingerprint density at radius 2 is 1.76 bits per heavy atom. The van der Waals surface area contributed by atoms with E-state index in [0.29, 0.717) is 18.7 Å². The highest BCUT2D eigenvalue weighted by molar-refractivity contribution is 8.15. The summed E-state index contributed by atoms with van der Waals surface area (Å²) in [5, 5.41) is 10.6. The first kappa shape index (κ1) is 20.9. The number of amides is 3. The fraction of sp³-hybridized carbons (Fsp3) is 0.286. The Balaban J connectivity index is 1.46. The molecule has 2 N–H and O–H groups in total. The van der Waals surface area contributed by atoms with E-state index < -0.39 is 5.25 Å². The number of rotatable bonds is 9. The van der Waals surface area contributed by atoms with E-state index in [-0.39, 0.29) is 36.6 Å². The van der Waals surface area contributed by atoms with E-state index in [1.807, 2.05) is 54.6 Å². The molecule has 2 aromatic carbocycles. The molecular weight excluding hydrogens is 392 g/mol. The number of carbonyl (C=O) groups is 3. The minimum absolute atomic E-state index is 0.0555. The SMILES string of the molecule is O=C(CC1SC(=O)N(CCCO)C1=O)NCc1ccc(Oc2ccccc2)cc1. The summed E-state index contributed by atoms with van der Waals surface area (Å²) < 4.78 is 5.73. The number of para-hydroxylation sites is 1. The van der Waals surface area contributed by atoms with Crippen molar-refractivity contribution in [3.8, 4) is 11.5 Å². The Labute approximate surface area is 173 Å². The molecule has 3 amide bonds. The van der Waals surface area contributed by atoms with Crippen molar-refractivity contribution < 1.29 is 24.2 Å². The molecule has 29 heavy (non-hydrogen) atoms. The Morgan fingerprint density at radius 1 is 1.07 bits per heavy atom. The van der Waals surface area contributed by atoms with Crippen molar-refractivity contribution in [1.29, 1.82) is 0 Å². The van der Waals surface area contributed by atoms with Crippen molar-refractivity contribution >= 4 is 28.8 Å². The van der Waals surface area contributed by atoms with Gasteiger partial charge in [0.25, 0.3) is 5.24 Å². The molecule has 8 heteroatoms. The normalized spacial score (nSPS) is 16.2. The highest BCUT2D eigenvalue weighted by Crippen LogP contribution is 2.29. The van der Waals surface area contributed by atoms with Gasteiger partial charge in [0.2, 0.25) is 11.8 Å². The molecule has 0 bridgehead atoms. The van der Waals surface area contributed by atoms with Crippen molar-refractivity contribution in [2.24, 2.45) is 0 Å². The van der Waals surface area contributed by atoms with E-state index in [1.54, 1.807) is 0 Å². The summed E-state index contributed by atoms with van der Waals surface area (Å²) in [6, 6.07) is 16.8. The van der Waals surface area contributed by atoms with Gasteiger partial charge in [0.05, 0.1) is 0 Å². The lowest BCUT2D eigenvalue weighted by Crippen LogP contribution is -2.35. The number of nitrogens with one attached hydrogen (secondary N) is 1. The van der Waals surface area contributed by atoms with Gasteiger partial charge in [0.1, 0.15) is 16.7 Å². The van der Waals surface area contributed by atoms with Crippen LogP contribution in [0.15, 0.2) is 54.6 Å². The van der Waals surface area contributed by atoms with Crippen LogP contribution < -0.4 is 10.1 Å². The number of hydrogen-bond acceptors (Lipinski definition) is 6. The van der Waals surface area contributed by atoms with Crippen LogP contribution in [0.1, 0.15) is 18.4 Å². The predicted molar refractivity (Wildman–Crippen MR) is 110 cm³/mol. The zero-order chi connectivity index (χ0) is 20.6. The van der Waals surface area contributed by atoms with Gasteiger partial charge < -0.3 is 15.2 Å². The lowest BCUT2D eigenvalue weighted by atomic mass is 10.2. The van der Waals surface area contributed by atoms with Gasteiger partial charge in [-0.05, 0) is 36.2 Å². The highest BCUT2D eigenvalue weighted by atomic mass is 32.2. The van der Waals surface area contributed by atoms with Crippen molar-refractivity contribution in [3.05, 3.63) is 60.2 Å². The predicted octanol–water partition coefficient (Wildman–Crippen LogP) is 2.93. The van der Waals surface area contributed by atoms with Crippen LogP contribution in [-0.2, 0) is 16.1 Å². The summed E-state index contributed by atoms with van der Waals surface area (Å²) >= 11 is 0.863. The van der Waals surface area contributed by atoms with Crippen molar-refractivity contribution in [3.63, 3.8) is 0 Å². The van der Waals surface area contributed by atoms with Crippen LogP contribution >= 0.6 is 11.8 Å². The molecule has 0 aromatic heterocycles.